The molecule has 7 aromatic carbocycles. The van der Waals surface area contributed by atoms with Crippen LogP contribution in [0.1, 0.15) is 0 Å². The molecule has 3 aromatic heterocycles. The minimum Gasteiger partial charge on any atom is -0.455 e. The molecule has 0 aliphatic heterocycles. The van der Waals surface area contributed by atoms with Gasteiger partial charge in [0.25, 0.3) is 0 Å². The summed E-state index contributed by atoms with van der Waals surface area (Å²) in [6.45, 7) is 0. The second-order valence-electron chi connectivity index (χ2n) is 12.8. The molecule has 0 bridgehead atoms. The van der Waals surface area contributed by atoms with E-state index in [1.54, 1.807) is 0 Å². The molecule has 0 fully saturated rings. The van der Waals surface area contributed by atoms with Gasteiger partial charge in [-0.1, -0.05) is 140 Å². The highest BCUT2D eigenvalue weighted by Gasteiger charge is 2.16. The van der Waals surface area contributed by atoms with Crippen LogP contribution in [0.15, 0.2) is 186 Å². The molecule has 0 atom stereocenters. The summed E-state index contributed by atoms with van der Waals surface area (Å²) in [7, 11) is 0. The minimum absolute atomic E-state index is 0.887. The van der Waals surface area contributed by atoms with Crippen molar-refractivity contribution in [2.75, 3.05) is 0 Å². The highest BCUT2D eigenvalue weighted by molar-refractivity contribution is 6.10. The van der Waals surface area contributed by atoms with Gasteiger partial charge in [0, 0.05) is 43.9 Å². The Morgan fingerprint density at radius 2 is 0.900 bits per heavy atom. The molecule has 0 amide bonds. The number of fused-ring (bicyclic) bond motifs is 6. The Bertz CT molecular complexity index is 2790. The summed E-state index contributed by atoms with van der Waals surface area (Å²) in [4.78, 5) is 5.28. The molecular formula is C47H30N2O. The first-order chi connectivity index (χ1) is 24.8. The molecule has 234 valence electrons. The molecule has 0 aliphatic carbocycles. The number of hydrogen-bond acceptors (Lipinski definition) is 2. The van der Waals surface area contributed by atoms with Gasteiger partial charge in [0.2, 0.25) is 0 Å². The largest absolute Gasteiger partial charge is 0.455 e. The van der Waals surface area contributed by atoms with E-state index in [2.05, 4.69) is 168 Å². The molecular weight excluding hydrogens is 609 g/mol. The SMILES string of the molecule is c1ccc(-c2ccc(-c3cc(-c4cccc5c4oc4ccccc45)cc(-c4ccc(-n5c6ccccc6c6ccccc65)cc4)n3)cc2)cc1. The fourth-order valence-corrected chi connectivity index (χ4v) is 7.40. The van der Waals surface area contributed by atoms with Gasteiger partial charge in [0.1, 0.15) is 11.2 Å². The van der Waals surface area contributed by atoms with Gasteiger partial charge in [-0.25, -0.2) is 4.98 Å². The maximum atomic E-state index is 6.50. The normalized spacial score (nSPS) is 11.6. The van der Waals surface area contributed by atoms with Crippen molar-refractivity contribution in [2.24, 2.45) is 0 Å². The molecule has 0 saturated heterocycles. The number of rotatable bonds is 5. The van der Waals surface area contributed by atoms with Crippen molar-refractivity contribution in [3.63, 3.8) is 0 Å². The number of hydrogen-bond donors (Lipinski definition) is 0. The van der Waals surface area contributed by atoms with E-state index in [0.717, 1.165) is 61.3 Å². The first-order valence-electron chi connectivity index (χ1n) is 17.0. The maximum absolute atomic E-state index is 6.50. The molecule has 0 unspecified atom stereocenters. The number of nitrogens with zero attached hydrogens (tertiary/aromatic N) is 2. The molecule has 0 N–H and O–H groups in total. The number of pyridine rings is 1. The van der Waals surface area contributed by atoms with Crippen LogP contribution in [-0.2, 0) is 0 Å². The van der Waals surface area contributed by atoms with E-state index in [1.165, 1.54) is 32.9 Å². The molecule has 0 radical (unpaired) electrons. The zero-order chi connectivity index (χ0) is 33.0. The summed E-state index contributed by atoms with van der Waals surface area (Å²) in [5.74, 6) is 0. The Morgan fingerprint density at radius 3 is 1.58 bits per heavy atom. The number of furan rings is 1. The van der Waals surface area contributed by atoms with Crippen LogP contribution < -0.4 is 0 Å². The summed E-state index contributed by atoms with van der Waals surface area (Å²) in [5, 5.41) is 4.74. The lowest BCUT2D eigenvalue weighted by molar-refractivity contribution is 0.670. The van der Waals surface area contributed by atoms with Crippen molar-refractivity contribution in [2.45, 2.75) is 0 Å². The average molecular weight is 639 g/mol. The zero-order valence-corrected chi connectivity index (χ0v) is 27.1. The van der Waals surface area contributed by atoms with Crippen molar-refractivity contribution in [1.82, 2.24) is 9.55 Å². The van der Waals surface area contributed by atoms with Crippen molar-refractivity contribution in [3.8, 4) is 50.5 Å². The van der Waals surface area contributed by atoms with Crippen LogP contribution in [0.25, 0.3) is 94.2 Å². The highest BCUT2D eigenvalue weighted by Crippen LogP contribution is 2.39. The first kappa shape index (κ1) is 28.3. The Morgan fingerprint density at radius 1 is 0.380 bits per heavy atom. The molecule has 10 rings (SSSR count). The monoisotopic (exact) mass is 638 g/mol. The van der Waals surface area contributed by atoms with Crippen molar-refractivity contribution < 1.29 is 4.42 Å². The van der Waals surface area contributed by atoms with Crippen molar-refractivity contribution in [1.29, 1.82) is 0 Å². The Hall–Kier alpha value is -6.71. The van der Waals surface area contributed by atoms with E-state index in [1.807, 2.05) is 18.2 Å². The van der Waals surface area contributed by atoms with Crippen LogP contribution in [0.5, 0.6) is 0 Å². The van der Waals surface area contributed by atoms with Gasteiger partial charge in [0.05, 0.1) is 22.4 Å². The van der Waals surface area contributed by atoms with E-state index in [9.17, 15) is 0 Å². The number of aromatic nitrogens is 2. The molecule has 0 spiro atoms. The topological polar surface area (TPSA) is 31.0 Å². The highest BCUT2D eigenvalue weighted by atomic mass is 16.3. The molecule has 10 aromatic rings. The van der Waals surface area contributed by atoms with Crippen molar-refractivity contribution >= 4 is 43.7 Å². The van der Waals surface area contributed by atoms with E-state index < -0.39 is 0 Å². The van der Waals surface area contributed by atoms with Crippen molar-refractivity contribution in [3.05, 3.63) is 182 Å². The van der Waals surface area contributed by atoms with Crippen LogP contribution in [0, 0.1) is 0 Å². The predicted molar refractivity (Wildman–Crippen MR) is 208 cm³/mol. The van der Waals surface area contributed by atoms with Gasteiger partial charge in [-0.2, -0.15) is 0 Å². The molecule has 0 aliphatic rings. The quantitative estimate of drug-likeness (QED) is 0.188. The molecule has 3 heteroatoms. The van der Waals surface area contributed by atoms with Crippen LogP contribution in [0.4, 0.5) is 0 Å². The molecule has 3 nitrogen and oxygen atoms in total. The second kappa shape index (κ2) is 11.5. The zero-order valence-electron chi connectivity index (χ0n) is 27.1. The molecule has 3 heterocycles. The second-order valence-corrected chi connectivity index (χ2v) is 12.8. The number of benzene rings is 7. The summed E-state index contributed by atoms with van der Waals surface area (Å²) in [6.07, 6.45) is 0. The van der Waals surface area contributed by atoms with Crippen LogP contribution in [0.2, 0.25) is 0 Å². The summed E-state index contributed by atoms with van der Waals surface area (Å²) in [5.41, 5.74) is 13.7. The average Bonchev–Trinajstić information content (AvgIpc) is 3.74. The molecule has 0 saturated carbocycles. The van der Waals surface area contributed by atoms with Gasteiger partial charge in [-0.15, -0.1) is 0 Å². The summed E-state index contributed by atoms with van der Waals surface area (Å²) >= 11 is 0. The van der Waals surface area contributed by atoms with Crippen LogP contribution in [0.3, 0.4) is 0 Å². The lowest BCUT2D eigenvalue weighted by Gasteiger charge is -2.13. The number of para-hydroxylation sites is 4. The fourth-order valence-electron chi connectivity index (χ4n) is 7.40. The maximum Gasteiger partial charge on any atom is 0.143 e. The Labute approximate surface area is 289 Å². The summed E-state index contributed by atoms with van der Waals surface area (Å²) in [6, 6.07) is 64.3. The van der Waals surface area contributed by atoms with Gasteiger partial charge < -0.3 is 8.98 Å². The summed E-state index contributed by atoms with van der Waals surface area (Å²) < 4.78 is 8.85. The standard InChI is InChI=1S/C47H30N2O/c1-2-11-31(12-3-1)32-21-23-33(24-22-32)42-29-35(37-16-10-17-41-40-15-6-9-20-46(40)50-47(37)41)30-43(48-42)34-25-27-36(28-26-34)49-44-18-7-4-13-38(44)39-14-5-8-19-45(39)49/h1-30H. The predicted octanol–water partition coefficient (Wildman–Crippen LogP) is 12.7. The van der Waals surface area contributed by atoms with E-state index in [4.69, 9.17) is 9.40 Å². The van der Waals surface area contributed by atoms with Crippen LogP contribution in [-0.4, -0.2) is 9.55 Å². The van der Waals surface area contributed by atoms with E-state index in [-0.39, 0.29) is 0 Å². The van der Waals surface area contributed by atoms with Gasteiger partial charge in [0.15, 0.2) is 0 Å². The fraction of sp³-hybridized carbons (Fsp3) is 0. The third kappa shape index (κ3) is 4.63. The van der Waals surface area contributed by atoms with Gasteiger partial charge in [-0.3, -0.25) is 0 Å². The Balaban J connectivity index is 1.13. The minimum atomic E-state index is 0.887. The van der Waals surface area contributed by atoms with E-state index in [0.29, 0.717) is 0 Å². The smallest absolute Gasteiger partial charge is 0.143 e. The first-order valence-corrected chi connectivity index (χ1v) is 17.0. The lowest BCUT2D eigenvalue weighted by Crippen LogP contribution is -1.95. The van der Waals surface area contributed by atoms with E-state index >= 15 is 0 Å². The van der Waals surface area contributed by atoms with Gasteiger partial charge in [-0.05, 0) is 59.2 Å². The third-order valence-corrected chi connectivity index (χ3v) is 9.83. The Kier molecular flexibility index (Phi) is 6.49. The molecule has 50 heavy (non-hydrogen) atoms. The van der Waals surface area contributed by atoms with Gasteiger partial charge >= 0.3 is 0 Å². The lowest BCUT2D eigenvalue weighted by atomic mass is 9.97. The van der Waals surface area contributed by atoms with Crippen LogP contribution >= 0.6 is 0 Å². The third-order valence-electron chi connectivity index (χ3n) is 9.83.